The fourth-order valence-corrected chi connectivity index (χ4v) is 19.6. The van der Waals surface area contributed by atoms with Crippen LogP contribution in [0.25, 0.3) is 0 Å². The number of alkyl halides is 3. The van der Waals surface area contributed by atoms with Gasteiger partial charge in [-0.25, -0.2) is 4.79 Å². The van der Waals surface area contributed by atoms with E-state index in [2.05, 4.69) is 298 Å². The number of rotatable bonds is 12. The van der Waals surface area contributed by atoms with Crippen molar-refractivity contribution in [3.8, 4) is 0 Å². The van der Waals surface area contributed by atoms with E-state index in [1.807, 2.05) is 53.4 Å². The summed E-state index contributed by atoms with van der Waals surface area (Å²) in [4.78, 5) is 47.8. The molecule has 0 radical (unpaired) electrons. The van der Waals surface area contributed by atoms with Gasteiger partial charge in [-0.15, -0.1) is 0 Å². The van der Waals surface area contributed by atoms with Gasteiger partial charge in [-0.2, -0.15) is 13.2 Å². The zero-order valence-corrected chi connectivity index (χ0v) is 87.1. The monoisotopic (exact) mass is 1830 g/mol. The number of nitrogens with zero attached hydrogens (tertiary/aromatic N) is 10. The van der Waals surface area contributed by atoms with Crippen LogP contribution in [0.2, 0.25) is 0 Å². The molecule has 1 aromatic carbocycles. The number of amides is 2. The molecule has 0 spiro atoms. The molecule has 12 fully saturated rings. The van der Waals surface area contributed by atoms with Crippen molar-refractivity contribution in [2.45, 2.75) is 460 Å². The molecule has 10 heterocycles. The van der Waals surface area contributed by atoms with E-state index in [0.29, 0.717) is 95.3 Å². The highest BCUT2D eigenvalue weighted by Crippen LogP contribution is 2.54. The number of aliphatic hydroxyl groups excluding tert-OH is 1. The van der Waals surface area contributed by atoms with Crippen LogP contribution in [0.15, 0.2) is 30.3 Å². The van der Waals surface area contributed by atoms with Crippen LogP contribution in [-0.4, -0.2) is 307 Å². The number of benzene rings is 1. The second-order valence-corrected chi connectivity index (χ2v) is 50.3. The summed E-state index contributed by atoms with van der Waals surface area (Å²) in [6.45, 7) is 104. The molecule has 22 heteroatoms. The molecule has 10 saturated heterocycles. The summed E-state index contributed by atoms with van der Waals surface area (Å²) >= 11 is 0. The average Bonchev–Trinajstić information content (AvgIpc) is 1.54. The lowest BCUT2D eigenvalue weighted by Crippen LogP contribution is -2.55. The summed E-state index contributed by atoms with van der Waals surface area (Å²) in [6, 6.07) is 14.0. The van der Waals surface area contributed by atoms with Crippen molar-refractivity contribution in [2.75, 3.05) is 138 Å². The lowest BCUT2D eigenvalue weighted by molar-refractivity contribution is -0.175. The first kappa shape index (κ1) is 126. The van der Waals surface area contributed by atoms with E-state index in [-0.39, 0.29) is 77.5 Å². The van der Waals surface area contributed by atoms with Gasteiger partial charge in [0.2, 0.25) is 0 Å². The van der Waals surface area contributed by atoms with Crippen molar-refractivity contribution in [3.05, 3.63) is 35.9 Å². The number of fused-ring (bicyclic) bond motifs is 7. The van der Waals surface area contributed by atoms with Crippen molar-refractivity contribution in [3.63, 3.8) is 0 Å². The smallest absolute Gasteiger partial charge is 0.444 e. The molecular formula is C107H218F3N15O4. The van der Waals surface area contributed by atoms with Gasteiger partial charge in [0.25, 0.3) is 0 Å². The minimum absolute atomic E-state index is 0. The van der Waals surface area contributed by atoms with Gasteiger partial charge in [0, 0.05) is 190 Å². The van der Waals surface area contributed by atoms with E-state index in [1.165, 1.54) is 110 Å². The first-order valence-corrected chi connectivity index (χ1v) is 49.2. The number of piperidine rings is 4. The summed E-state index contributed by atoms with van der Waals surface area (Å²) in [7, 11) is 0. The Morgan fingerprint density at radius 2 is 0.977 bits per heavy atom. The first-order valence-electron chi connectivity index (χ1n) is 49.2. The highest BCUT2D eigenvalue weighted by atomic mass is 19.4. The van der Waals surface area contributed by atoms with Crippen LogP contribution in [0, 0.1) is 47.3 Å². The van der Waals surface area contributed by atoms with Crippen molar-refractivity contribution in [1.82, 2.24) is 64.9 Å². The summed E-state index contributed by atoms with van der Waals surface area (Å²) in [5.74, 6) is 4.95. The van der Waals surface area contributed by atoms with E-state index in [9.17, 15) is 22.8 Å². The molecule has 2 aliphatic carbocycles. The standard InChI is InChI=1S/C16H27N.C15H28N2O2.C12H21F3N2O.C11H21N.C11H25N.C10H20N2O.C10H20N2.C9H20N2.C8H16N2.5CH4/c1-6-12-17(16(3,4)5)13-14(2)15-10-8-7-9-11-15;1-14(2,3)16-8-11-7-12(10-16)17(9-11)13(18)19-15(4,5)6;1-5-11(16-9(18)12(13,14)15)6-7-17(8-11)10(2,3)4;1-11(2,3)12-7-6-9-4-5-10(9)8-12;1-7-8-12(9-10(2)3)11(4,5)6;1-9(2,3)12-4-7-8(5-12)10(7,11)6-13;1-10(2,3)12-6-8-4-9(7-12)11-5-8;1-7-5-11(6-8(7)10)9(2,3)4;1-8(2,3)10-4-6-7(5-10)9-6;;;;;/h7-11,14H,6,12-13H2,1-5H3;11-12H,7-10H2,1-6H3;5-8H2,1-4H3,(H,16,18);9-10H,4-8H2,1-3H3;10H,7-9H2,1-6H3;7-8,13H,4-6,11H2,1-3H3;8-9,11H,4-7H2,1-3H3;7-8H,5-6,10H2,1-4H3;6-7,9H,4-5H2,1-3H3;5*1H4/t;;;9?,10-;;7-,8+,10?;;7-,8+;;;;;;/m...0...1....../s1. The van der Waals surface area contributed by atoms with Crippen molar-refractivity contribution >= 4 is 12.0 Å². The second-order valence-electron chi connectivity index (χ2n) is 50.3. The number of hydrogen-bond donors (Lipinski definition) is 6. The SMILES string of the molecule is C.C.C.C.C.CC(C)(C)N1CC2CNC(C2)C1.CC(C)(C)N1CC2NC2C1.CC(C)(C)N1CCC2CC[C@H]2C1.CC(C)(C)N1C[C@@H]2[C@H](C1)C2(N)CO.CC(C)(C)OC(=O)N1CC2CC1CN(C(C)(C)C)C2.CCC1(NC(=O)C(F)(F)F)CCN(C(C)(C)C)C1.CCCN(CC(C)C)C(C)(C)C.CCCN(CC(C)c1ccccc1)C(C)(C)C.C[C@@H]1CN(C(C)(C)C)C[C@@H]1N. The van der Waals surface area contributed by atoms with E-state index in [0.717, 1.165) is 101 Å². The lowest BCUT2D eigenvalue weighted by Gasteiger charge is -2.49. The summed E-state index contributed by atoms with van der Waals surface area (Å²) < 4.78 is 42.5. The topological polar surface area (TPSA) is 194 Å². The number of aliphatic hydroxyl groups is 1. The third-order valence-electron chi connectivity index (χ3n) is 28.9. The summed E-state index contributed by atoms with van der Waals surface area (Å²) in [5, 5.41) is 18.3. The van der Waals surface area contributed by atoms with E-state index in [4.69, 9.17) is 21.3 Å². The molecule has 2 saturated carbocycles. The van der Waals surface area contributed by atoms with Gasteiger partial charge in [0.15, 0.2) is 0 Å². The van der Waals surface area contributed by atoms with Crippen LogP contribution >= 0.6 is 0 Å². The van der Waals surface area contributed by atoms with Crippen LogP contribution in [0.1, 0.15) is 363 Å². The second kappa shape index (κ2) is 50.7. The number of likely N-dealkylation sites (tertiary alicyclic amines) is 8. The Morgan fingerprint density at radius 1 is 0.535 bits per heavy atom. The normalized spacial score (nSPS) is 28.5. The van der Waals surface area contributed by atoms with E-state index in [1.54, 1.807) is 0 Å². The average molecular weight is 1840 g/mol. The fraction of sp³-hybridized carbons (Fsp3) is 0.925. The minimum atomic E-state index is -4.81. The molecule has 10 aliphatic heterocycles. The molecule has 10 unspecified atom stereocenters. The molecule has 129 heavy (non-hydrogen) atoms. The Morgan fingerprint density at radius 3 is 1.34 bits per heavy atom. The van der Waals surface area contributed by atoms with Gasteiger partial charge in [-0.05, 0) is 351 Å². The van der Waals surface area contributed by atoms with Crippen LogP contribution in [-0.2, 0) is 9.53 Å². The first-order chi connectivity index (χ1) is 56.4. The number of nitrogens with two attached hydrogens (primary N) is 2. The van der Waals surface area contributed by atoms with Crippen molar-refractivity contribution < 1.29 is 32.6 Å². The summed E-state index contributed by atoms with van der Waals surface area (Å²) in [6.07, 6.45) is 5.60. The maximum atomic E-state index is 12.3. The van der Waals surface area contributed by atoms with Gasteiger partial charge < -0.3 is 42.2 Å². The molecule has 19 nitrogen and oxygen atoms in total. The van der Waals surface area contributed by atoms with E-state index >= 15 is 0 Å². The predicted molar refractivity (Wildman–Crippen MR) is 552 cm³/mol. The maximum absolute atomic E-state index is 12.3. The number of nitrogens with one attached hydrogen (secondary N) is 3. The molecule has 4 bridgehead atoms. The number of piperazine rings is 1. The van der Waals surface area contributed by atoms with Crippen LogP contribution in [0.5, 0.6) is 0 Å². The van der Waals surface area contributed by atoms with Gasteiger partial charge in [-0.3, -0.25) is 48.9 Å². The van der Waals surface area contributed by atoms with Gasteiger partial charge in [-0.1, -0.05) is 116 Å². The summed E-state index contributed by atoms with van der Waals surface area (Å²) in [5.41, 5.74) is 14.4. The molecule has 12 aliphatic rings. The fourth-order valence-electron chi connectivity index (χ4n) is 19.6. The molecule has 13 rings (SSSR count). The Labute approximate surface area is 797 Å². The Hall–Kier alpha value is -2.81. The highest BCUT2D eigenvalue weighted by Gasteiger charge is 2.66. The van der Waals surface area contributed by atoms with Crippen molar-refractivity contribution in [2.24, 2.45) is 58.8 Å². The zero-order chi connectivity index (χ0) is 94.7. The maximum Gasteiger partial charge on any atom is 0.471 e. The molecular weight excluding hydrogens is 1620 g/mol. The zero-order valence-electron chi connectivity index (χ0n) is 87.1. The molecule has 2 amide bonds. The lowest BCUT2D eigenvalue weighted by atomic mass is 9.69. The third kappa shape index (κ3) is 40.3. The number of carbonyl (C=O) groups is 2. The number of ether oxygens (including phenoxy) is 1. The molecule has 1 aromatic rings. The molecule has 8 N–H and O–H groups in total. The number of carbonyl (C=O) groups excluding carboxylic acids is 2. The van der Waals surface area contributed by atoms with Crippen LogP contribution in [0.4, 0.5) is 18.0 Å². The van der Waals surface area contributed by atoms with Crippen LogP contribution in [0.3, 0.4) is 0 Å². The van der Waals surface area contributed by atoms with Gasteiger partial charge in [0.1, 0.15) is 5.60 Å². The third-order valence-corrected chi connectivity index (χ3v) is 28.9. The molecule has 766 valence electrons. The predicted octanol–water partition coefficient (Wildman–Crippen LogP) is 20.8. The minimum Gasteiger partial charge on any atom is -0.444 e. The van der Waals surface area contributed by atoms with Crippen molar-refractivity contribution in [1.29, 1.82) is 0 Å². The number of halogens is 3. The Balaban J connectivity index is 0.00000143. The Bertz CT molecular complexity index is 3240. The Kier molecular flexibility index (Phi) is 49.6. The van der Waals surface area contributed by atoms with Crippen LogP contribution < -0.4 is 27.4 Å². The molecule has 15 atom stereocenters. The molecule has 0 aromatic heterocycles. The van der Waals surface area contributed by atoms with Gasteiger partial charge in [0.05, 0.1) is 12.1 Å². The quantitative estimate of drug-likeness (QED) is 0.108. The van der Waals surface area contributed by atoms with E-state index < -0.39 is 23.2 Å². The number of hydrogen-bond acceptors (Lipinski definition) is 17. The highest BCUT2D eigenvalue weighted by molar-refractivity contribution is 5.82. The van der Waals surface area contributed by atoms with Gasteiger partial charge >= 0.3 is 18.2 Å². The largest absolute Gasteiger partial charge is 0.471 e.